The van der Waals surface area contributed by atoms with Gasteiger partial charge in [0.15, 0.2) is 5.78 Å². The van der Waals surface area contributed by atoms with E-state index in [1.54, 1.807) is 13.2 Å². The second-order valence-electron chi connectivity index (χ2n) is 5.24. The number of aryl methyl sites for hydroxylation is 2. The molecule has 0 aromatic heterocycles. The number of hydrogen-bond donors (Lipinski definition) is 0. The predicted octanol–water partition coefficient (Wildman–Crippen LogP) is 4.39. The lowest BCUT2D eigenvalue weighted by molar-refractivity contribution is -0.114. The number of carbonyl (C=O) groups is 1. The molecule has 0 spiro atoms. The molecule has 0 radical (unpaired) electrons. The van der Waals surface area contributed by atoms with E-state index in [1.807, 2.05) is 48.5 Å². The monoisotopic (exact) mass is 294 g/mol. The molecule has 0 atom stereocenters. The standard InChI is InChI=1S/C20H22O2/c1-22-20-13-7-11-18(16-20)14-15-19(21)12-6-5-10-17-8-3-2-4-9-17/h2-4,6-9,11-13,16H,5,10,14-15H2,1H3/b12-6+. The number of hydrogen-bond acceptors (Lipinski definition) is 2. The SMILES string of the molecule is COc1cccc(CCC(=O)/C=C/CCc2ccccc2)c1. The first-order chi connectivity index (χ1) is 10.8. The first kappa shape index (κ1) is 16.0. The second-order valence-corrected chi connectivity index (χ2v) is 5.24. The zero-order valence-corrected chi connectivity index (χ0v) is 13.0. The lowest BCUT2D eigenvalue weighted by Crippen LogP contribution is -1.96. The minimum Gasteiger partial charge on any atom is -0.497 e. The molecule has 0 saturated carbocycles. The Morgan fingerprint density at radius 3 is 2.55 bits per heavy atom. The quantitative estimate of drug-likeness (QED) is 0.675. The molecule has 2 aromatic carbocycles. The van der Waals surface area contributed by atoms with E-state index in [9.17, 15) is 4.79 Å². The van der Waals surface area contributed by atoms with E-state index in [2.05, 4.69) is 12.1 Å². The van der Waals surface area contributed by atoms with Crippen molar-refractivity contribution in [2.24, 2.45) is 0 Å². The molecule has 2 nitrogen and oxygen atoms in total. The minimum atomic E-state index is 0.177. The fourth-order valence-corrected chi connectivity index (χ4v) is 2.29. The van der Waals surface area contributed by atoms with Crippen LogP contribution in [0, 0.1) is 0 Å². The van der Waals surface area contributed by atoms with E-state index >= 15 is 0 Å². The Labute approximate surface area is 132 Å². The molecule has 22 heavy (non-hydrogen) atoms. The van der Waals surface area contributed by atoms with Crippen LogP contribution in [0.25, 0.3) is 0 Å². The van der Waals surface area contributed by atoms with Crippen molar-refractivity contribution in [3.05, 3.63) is 77.9 Å². The second kappa shape index (κ2) is 8.83. The van der Waals surface area contributed by atoms with Crippen LogP contribution in [0.15, 0.2) is 66.7 Å². The highest BCUT2D eigenvalue weighted by molar-refractivity contribution is 5.89. The van der Waals surface area contributed by atoms with E-state index in [4.69, 9.17) is 4.74 Å². The van der Waals surface area contributed by atoms with Gasteiger partial charge in [0.25, 0.3) is 0 Å². The van der Waals surface area contributed by atoms with Gasteiger partial charge in [0.05, 0.1) is 7.11 Å². The van der Waals surface area contributed by atoms with Crippen molar-refractivity contribution in [1.29, 1.82) is 0 Å². The molecule has 0 aliphatic rings. The average molecular weight is 294 g/mol. The van der Waals surface area contributed by atoms with Crippen LogP contribution in [0.4, 0.5) is 0 Å². The number of rotatable bonds is 8. The van der Waals surface area contributed by atoms with Gasteiger partial charge in [-0.15, -0.1) is 0 Å². The summed E-state index contributed by atoms with van der Waals surface area (Å²) in [6.45, 7) is 0. The number of ketones is 1. The number of allylic oxidation sites excluding steroid dienone is 2. The van der Waals surface area contributed by atoms with Gasteiger partial charge < -0.3 is 4.74 Å². The summed E-state index contributed by atoms with van der Waals surface area (Å²) in [7, 11) is 1.65. The summed E-state index contributed by atoms with van der Waals surface area (Å²) in [5, 5.41) is 0. The molecule has 0 N–H and O–H groups in total. The summed E-state index contributed by atoms with van der Waals surface area (Å²) in [6.07, 6.45) is 6.84. The highest BCUT2D eigenvalue weighted by Crippen LogP contribution is 2.14. The molecule has 0 saturated heterocycles. The van der Waals surface area contributed by atoms with Gasteiger partial charge in [0, 0.05) is 6.42 Å². The van der Waals surface area contributed by atoms with Crippen molar-refractivity contribution in [3.8, 4) is 5.75 Å². The van der Waals surface area contributed by atoms with Crippen LogP contribution in [-0.2, 0) is 17.6 Å². The normalized spacial score (nSPS) is 10.8. The highest BCUT2D eigenvalue weighted by Gasteiger charge is 2.00. The van der Waals surface area contributed by atoms with E-state index < -0.39 is 0 Å². The predicted molar refractivity (Wildman–Crippen MR) is 90.2 cm³/mol. The first-order valence-corrected chi connectivity index (χ1v) is 7.64. The Morgan fingerprint density at radius 1 is 1.00 bits per heavy atom. The summed E-state index contributed by atoms with van der Waals surface area (Å²) in [4.78, 5) is 11.9. The van der Waals surface area contributed by atoms with Gasteiger partial charge in [-0.2, -0.15) is 0 Å². The Kier molecular flexibility index (Phi) is 6.43. The van der Waals surface area contributed by atoms with Crippen molar-refractivity contribution in [2.45, 2.75) is 25.7 Å². The molecule has 2 heteroatoms. The smallest absolute Gasteiger partial charge is 0.155 e. The molecule has 0 unspecified atom stereocenters. The maximum absolute atomic E-state index is 11.9. The lowest BCUT2D eigenvalue weighted by atomic mass is 10.1. The number of benzene rings is 2. The van der Waals surface area contributed by atoms with Gasteiger partial charge >= 0.3 is 0 Å². The molecule has 0 aliphatic heterocycles. The Bertz CT molecular complexity index is 615. The summed E-state index contributed by atoms with van der Waals surface area (Å²) in [5.74, 6) is 1.01. The molecule has 0 amide bonds. The Morgan fingerprint density at radius 2 is 1.77 bits per heavy atom. The summed E-state index contributed by atoms with van der Waals surface area (Å²) in [6, 6.07) is 18.2. The average Bonchev–Trinajstić information content (AvgIpc) is 2.58. The van der Waals surface area contributed by atoms with Crippen molar-refractivity contribution in [3.63, 3.8) is 0 Å². The van der Waals surface area contributed by atoms with E-state index in [0.29, 0.717) is 6.42 Å². The molecule has 0 fully saturated rings. The molecule has 114 valence electrons. The zero-order valence-electron chi connectivity index (χ0n) is 13.0. The van der Waals surface area contributed by atoms with E-state index in [-0.39, 0.29) is 5.78 Å². The molecular weight excluding hydrogens is 272 g/mol. The first-order valence-electron chi connectivity index (χ1n) is 7.64. The van der Waals surface area contributed by atoms with Crippen LogP contribution < -0.4 is 4.74 Å². The van der Waals surface area contributed by atoms with Crippen molar-refractivity contribution in [2.75, 3.05) is 7.11 Å². The number of ether oxygens (including phenoxy) is 1. The molecule has 0 aliphatic carbocycles. The van der Waals surface area contributed by atoms with Crippen molar-refractivity contribution >= 4 is 5.78 Å². The third kappa shape index (κ3) is 5.57. The van der Waals surface area contributed by atoms with Gasteiger partial charge in [-0.25, -0.2) is 0 Å². The third-order valence-corrected chi connectivity index (χ3v) is 3.54. The van der Waals surface area contributed by atoms with Crippen LogP contribution in [0.1, 0.15) is 24.0 Å². The molecule has 2 rings (SSSR count). The third-order valence-electron chi connectivity index (χ3n) is 3.54. The topological polar surface area (TPSA) is 26.3 Å². The van der Waals surface area contributed by atoms with Gasteiger partial charge in [0.2, 0.25) is 0 Å². The van der Waals surface area contributed by atoms with Gasteiger partial charge in [0.1, 0.15) is 5.75 Å². The maximum Gasteiger partial charge on any atom is 0.155 e. The van der Waals surface area contributed by atoms with Crippen LogP contribution in [0.3, 0.4) is 0 Å². The fraction of sp³-hybridized carbons (Fsp3) is 0.250. The fourth-order valence-electron chi connectivity index (χ4n) is 2.29. The summed E-state index contributed by atoms with van der Waals surface area (Å²) in [5.41, 5.74) is 2.43. The van der Waals surface area contributed by atoms with Crippen LogP contribution in [0.5, 0.6) is 5.75 Å². The van der Waals surface area contributed by atoms with Crippen molar-refractivity contribution in [1.82, 2.24) is 0 Å². The molecule has 0 heterocycles. The highest BCUT2D eigenvalue weighted by atomic mass is 16.5. The molecule has 0 bridgehead atoms. The molecular formula is C20H22O2. The number of carbonyl (C=O) groups excluding carboxylic acids is 1. The largest absolute Gasteiger partial charge is 0.497 e. The Balaban J connectivity index is 1.72. The van der Waals surface area contributed by atoms with Crippen LogP contribution in [-0.4, -0.2) is 12.9 Å². The molecule has 2 aromatic rings. The Hall–Kier alpha value is -2.35. The van der Waals surface area contributed by atoms with Crippen LogP contribution >= 0.6 is 0 Å². The summed E-state index contributed by atoms with van der Waals surface area (Å²) < 4.78 is 5.18. The minimum absolute atomic E-state index is 0.177. The maximum atomic E-state index is 11.9. The lowest BCUT2D eigenvalue weighted by Gasteiger charge is -2.03. The van der Waals surface area contributed by atoms with Gasteiger partial charge in [-0.3, -0.25) is 4.79 Å². The van der Waals surface area contributed by atoms with Crippen LogP contribution in [0.2, 0.25) is 0 Å². The van der Waals surface area contributed by atoms with Gasteiger partial charge in [-0.05, 0) is 48.6 Å². The van der Waals surface area contributed by atoms with E-state index in [0.717, 1.165) is 30.6 Å². The van der Waals surface area contributed by atoms with E-state index in [1.165, 1.54) is 5.56 Å². The summed E-state index contributed by atoms with van der Waals surface area (Å²) >= 11 is 0. The number of methoxy groups -OCH3 is 1. The zero-order chi connectivity index (χ0) is 15.6. The van der Waals surface area contributed by atoms with Gasteiger partial charge in [-0.1, -0.05) is 48.5 Å². The van der Waals surface area contributed by atoms with Crippen molar-refractivity contribution < 1.29 is 9.53 Å².